The number of carbonyl (C=O) groups excluding carboxylic acids is 1. The van der Waals surface area contributed by atoms with E-state index in [-0.39, 0.29) is 12.1 Å². The fraction of sp³-hybridized carbons (Fsp3) is 0.909. The van der Waals surface area contributed by atoms with Gasteiger partial charge in [-0.05, 0) is 13.6 Å². The Labute approximate surface area is 97.3 Å². The van der Waals surface area contributed by atoms with Crippen molar-refractivity contribution in [2.75, 3.05) is 53.5 Å². The van der Waals surface area contributed by atoms with Gasteiger partial charge in [0.1, 0.15) is 0 Å². The highest BCUT2D eigenvalue weighted by Crippen LogP contribution is 2.05. The lowest BCUT2D eigenvalue weighted by atomic mass is 10.2. The summed E-state index contributed by atoms with van der Waals surface area (Å²) < 4.78 is 10.3. The van der Waals surface area contributed by atoms with Crippen LogP contribution in [0.25, 0.3) is 0 Å². The standard InChI is InChI=1S/C11H22N2O3/c1-4-13(9-11(14)15-3)8-10-7-12(2)5-6-16-10/h10H,4-9H2,1-3H3. The summed E-state index contributed by atoms with van der Waals surface area (Å²) in [6.07, 6.45) is 0.198. The van der Waals surface area contributed by atoms with Gasteiger partial charge in [-0.1, -0.05) is 6.92 Å². The van der Waals surface area contributed by atoms with Gasteiger partial charge >= 0.3 is 5.97 Å². The molecule has 94 valence electrons. The van der Waals surface area contributed by atoms with Crippen LogP contribution < -0.4 is 0 Å². The molecule has 0 bridgehead atoms. The summed E-state index contributed by atoms with van der Waals surface area (Å²) in [5.74, 6) is -0.189. The van der Waals surface area contributed by atoms with Crippen LogP contribution in [0.15, 0.2) is 0 Å². The van der Waals surface area contributed by atoms with Gasteiger partial charge in [0.05, 0.1) is 26.4 Å². The molecular formula is C11H22N2O3. The Morgan fingerprint density at radius 2 is 2.38 bits per heavy atom. The van der Waals surface area contributed by atoms with Crippen molar-refractivity contribution in [2.45, 2.75) is 13.0 Å². The van der Waals surface area contributed by atoms with E-state index in [0.29, 0.717) is 6.54 Å². The van der Waals surface area contributed by atoms with Crippen molar-refractivity contribution in [2.24, 2.45) is 0 Å². The number of methoxy groups -OCH3 is 1. The van der Waals surface area contributed by atoms with Crippen molar-refractivity contribution >= 4 is 5.97 Å². The average Bonchev–Trinajstić information content (AvgIpc) is 2.28. The van der Waals surface area contributed by atoms with Crippen LogP contribution in [0.1, 0.15) is 6.92 Å². The second-order valence-electron chi connectivity index (χ2n) is 4.16. The van der Waals surface area contributed by atoms with Crippen molar-refractivity contribution in [3.63, 3.8) is 0 Å². The average molecular weight is 230 g/mol. The number of rotatable bonds is 5. The van der Waals surface area contributed by atoms with Crippen LogP contribution in [0.3, 0.4) is 0 Å². The predicted octanol–water partition coefficient (Wildman–Crippen LogP) is -0.188. The topological polar surface area (TPSA) is 42.0 Å². The van der Waals surface area contributed by atoms with Crippen LogP contribution in [-0.2, 0) is 14.3 Å². The third-order valence-electron chi connectivity index (χ3n) is 2.83. The number of hydrogen-bond acceptors (Lipinski definition) is 5. The molecule has 1 saturated heterocycles. The molecule has 0 N–H and O–H groups in total. The summed E-state index contributed by atoms with van der Waals surface area (Å²) in [7, 11) is 3.51. The van der Waals surface area contributed by atoms with Crippen LogP contribution in [0.4, 0.5) is 0 Å². The SMILES string of the molecule is CCN(CC(=O)OC)CC1CN(C)CCO1. The second-order valence-corrected chi connectivity index (χ2v) is 4.16. The van der Waals surface area contributed by atoms with Gasteiger partial charge in [0.2, 0.25) is 0 Å². The number of likely N-dealkylation sites (N-methyl/N-ethyl adjacent to an activating group) is 2. The van der Waals surface area contributed by atoms with E-state index in [2.05, 4.69) is 21.6 Å². The van der Waals surface area contributed by atoms with Gasteiger partial charge < -0.3 is 14.4 Å². The number of morpholine rings is 1. The normalized spacial score (nSPS) is 22.4. The highest BCUT2D eigenvalue weighted by molar-refractivity contribution is 5.71. The molecule has 5 nitrogen and oxygen atoms in total. The Morgan fingerprint density at radius 3 is 2.94 bits per heavy atom. The molecule has 1 heterocycles. The number of hydrogen-bond donors (Lipinski definition) is 0. The van der Waals surface area contributed by atoms with Crippen molar-refractivity contribution in [3.8, 4) is 0 Å². The quantitative estimate of drug-likeness (QED) is 0.613. The van der Waals surface area contributed by atoms with Gasteiger partial charge in [0.15, 0.2) is 0 Å². The van der Waals surface area contributed by atoms with Gasteiger partial charge in [-0.2, -0.15) is 0 Å². The summed E-state index contributed by atoms with van der Waals surface area (Å²) >= 11 is 0. The third-order valence-corrected chi connectivity index (χ3v) is 2.83. The van der Waals surface area contributed by atoms with Crippen LogP contribution in [0.2, 0.25) is 0 Å². The lowest BCUT2D eigenvalue weighted by molar-refractivity contribution is -0.142. The molecule has 0 aromatic heterocycles. The molecule has 1 fully saturated rings. The molecule has 1 atom stereocenters. The highest BCUT2D eigenvalue weighted by Gasteiger charge is 2.21. The number of carbonyl (C=O) groups is 1. The van der Waals surface area contributed by atoms with E-state index in [9.17, 15) is 4.79 Å². The highest BCUT2D eigenvalue weighted by atomic mass is 16.5. The van der Waals surface area contributed by atoms with E-state index in [0.717, 1.165) is 32.8 Å². The molecule has 0 aliphatic carbocycles. The summed E-state index contributed by atoms with van der Waals surface area (Å²) in [6.45, 7) is 6.69. The van der Waals surface area contributed by atoms with Gasteiger partial charge in [-0.3, -0.25) is 9.69 Å². The molecule has 0 radical (unpaired) electrons. The second kappa shape index (κ2) is 6.83. The lowest BCUT2D eigenvalue weighted by Gasteiger charge is -2.33. The Morgan fingerprint density at radius 1 is 1.62 bits per heavy atom. The number of ether oxygens (including phenoxy) is 2. The van der Waals surface area contributed by atoms with Crippen molar-refractivity contribution in [3.05, 3.63) is 0 Å². The monoisotopic (exact) mass is 230 g/mol. The van der Waals surface area contributed by atoms with Crippen LogP contribution in [0, 0.1) is 0 Å². The molecule has 1 unspecified atom stereocenters. The van der Waals surface area contributed by atoms with Gasteiger partial charge in [-0.15, -0.1) is 0 Å². The zero-order valence-electron chi connectivity index (χ0n) is 10.4. The maximum Gasteiger partial charge on any atom is 0.319 e. The van der Waals surface area contributed by atoms with Gasteiger partial charge in [0, 0.05) is 19.6 Å². The Hall–Kier alpha value is -0.650. The first-order valence-corrected chi connectivity index (χ1v) is 5.75. The van der Waals surface area contributed by atoms with Crippen molar-refractivity contribution in [1.29, 1.82) is 0 Å². The Balaban J connectivity index is 2.34. The van der Waals surface area contributed by atoms with Crippen molar-refractivity contribution in [1.82, 2.24) is 9.80 Å². The largest absolute Gasteiger partial charge is 0.468 e. The van der Waals surface area contributed by atoms with Crippen LogP contribution >= 0.6 is 0 Å². The first-order valence-electron chi connectivity index (χ1n) is 5.75. The van der Waals surface area contributed by atoms with Gasteiger partial charge in [0.25, 0.3) is 0 Å². The zero-order chi connectivity index (χ0) is 12.0. The fourth-order valence-corrected chi connectivity index (χ4v) is 1.82. The molecular weight excluding hydrogens is 208 g/mol. The molecule has 0 aromatic rings. The fourth-order valence-electron chi connectivity index (χ4n) is 1.82. The van der Waals surface area contributed by atoms with E-state index < -0.39 is 0 Å². The minimum atomic E-state index is -0.189. The van der Waals surface area contributed by atoms with Gasteiger partial charge in [-0.25, -0.2) is 0 Å². The van der Waals surface area contributed by atoms with E-state index in [4.69, 9.17) is 4.74 Å². The molecule has 5 heteroatoms. The van der Waals surface area contributed by atoms with E-state index in [1.54, 1.807) is 0 Å². The molecule has 0 amide bonds. The van der Waals surface area contributed by atoms with Crippen LogP contribution in [0.5, 0.6) is 0 Å². The third kappa shape index (κ3) is 4.47. The van der Waals surface area contributed by atoms with E-state index in [1.165, 1.54) is 7.11 Å². The zero-order valence-corrected chi connectivity index (χ0v) is 10.4. The van der Waals surface area contributed by atoms with Crippen molar-refractivity contribution < 1.29 is 14.3 Å². The predicted molar refractivity (Wildman–Crippen MR) is 61.4 cm³/mol. The molecule has 1 aliphatic rings. The Kier molecular flexibility index (Phi) is 5.73. The molecule has 1 aliphatic heterocycles. The molecule has 16 heavy (non-hydrogen) atoms. The van der Waals surface area contributed by atoms with E-state index >= 15 is 0 Å². The minimum Gasteiger partial charge on any atom is -0.468 e. The smallest absolute Gasteiger partial charge is 0.319 e. The molecule has 0 saturated carbocycles. The maximum atomic E-state index is 11.2. The summed E-state index contributed by atoms with van der Waals surface area (Å²) in [5.41, 5.74) is 0. The summed E-state index contributed by atoms with van der Waals surface area (Å²) in [4.78, 5) is 15.5. The maximum absolute atomic E-state index is 11.2. The number of esters is 1. The first-order chi connectivity index (χ1) is 7.65. The summed E-state index contributed by atoms with van der Waals surface area (Å²) in [5, 5.41) is 0. The molecule has 0 spiro atoms. The van der Waals surface area contributed by atoms with Crippen LogP contribution in [-0.4, -0.2) is 75.4 Å². The van der Waals surface area contributed by atoms with E-state index in [1.807, 2.05) is 6.92 Å². The lowest BCUT2D eigenvalue weighted by Crippen LogP contribution is -2.47. The summed E-state index contributed by atoms with van der Waals surface area (Å²) in [6, 6.07) is 0. The minimum absolute atomic E-state index is 0.189. The number of nitrogens with zero attached hydrogens (tertiary/aromatic N) is 2. The first kappa shape index (κ1) is 13.4. The Bertz CT molecular complexity index is 223. The molecule has 1 rings (SSSR count). The molecule has 0 aromatic carbocycles.